The molecular formula is C10H15N2O2P. The van der Waals surface area contributed by atoms with Gasteiger partial charge in [-0.3, -0.25) is 9.46 Å². The summed E-state index contributed by atoms with van der Waals surface area (Å²) >= 11 is 0. The van der Waals surface area contributed by atoms with Crippen molar-refractivity contribution in [3.63, 3.8) is 0 Å². The van der Waals surface area contributed by atoms with E-state index in [-0.39, 0.29) is 11.9 Å². The Morgan fingerprint density at radius 3 is 3.20 bits per heavy atom. The van der Waals surface area contributed by atoms with Gasteiger partial charge in [-0.15, -0.1) is 0 Å². The minimum absolute atomic E-state index is 0.00459. The van der Waals surface area contributed by atoms with Crippen LogP contribution in [0.2, 0.25) is 0 Å². The molecule has 1 N–H and O–H groups in total. The van der Waals surface area contributed by atoms with Crippen molar-refractivity contribution in [3.8, 4) is 0 Å². The highest BCUT2D eigenvalue weighted by Crippen LogP contribution is 2.20. The van der Waals surface area contributed by atoms with Crippen LogP contribution in [0, 0.1) is 0 Å². The molecule has 1 aromatic heterocycles. The lowest BCUT2D eigenvalue weighted by Crippen LogP contribution is -2.38. The molecule has 1 amide bonds. The second-order valence-corrected chi connectivity index (χ2v) is 4.36. The fraction of sp³-hybridized carbons (Fsp3) is 0.500. The molecule has 5 heteroatoms. The summed E-state index contributed by atoms with van der Waals surface area (Å²) in [5.74, 6) is 0.871. The van der Waals surface area contributed by atoms with Gasteiger partial charge in [0.15, 0.2) is 0 Å². The number of amides is 1. The first-order chi connectivity index (χ1) is 7.27. The SMILES string of the molecule is O=C(NCc1ccco1)[C@@H]1CCCN1P. The molecule has 1 saturated heterocycles. The van der Waals surface area contributed by atoms with E-state index in [2.05, 4.69) is 14.7 Å². The molecule has 2 rings (SSSR count). The quantitative estimate of drug-likeness (QED) is 0.786. The molecule has 82 valence electrons. The maximum absolute atomic E-state index is 11.7. The van der Waals surface area contributed by atoms with Crippen LogP contribution < -0.4 is 5.32 Å². The molecule has 15 heavy (non-hydrogen) atoms. The van der Waals surface area contributed by atoms with E-state index in [1.807, 2.05) is 16.8 Å². The fourth-order valence-electron chi connectivity index (χ4n) is 1.78. The maximum atomic E-state index is 11.7. The predicted octanol–water partition coefficient (Wildman–Crippen LogP) is 1.15. The second-order valence-electron chi connectivity index (χ2n) is 3.69. The number of hydrogen-bond acceptors (Lipinski definition) is 3. The molecule has 0 aliphatic carbocycles. The van der Waals surface area contributed by atoms with E-state index in [1.54, 1.807) is 6.26 Å². The van der Waals surface area contributed by atoms with Crippen molar-refractivity contribution in [1.29, 1.82) is 0 Å². The molecule has 2 heterocycles. The summed E-state index contributed by atoms with van der Waals surface area (Å²) in [6.45, 7) is 1.45. The summed E-state index contributed by atoms with van der Waals surface area (Å²) in [5, 5.41) is 2.87. The topological polar surface area (TPSA) is 45.5 Å². The van der Waals surface area contributed by atoms with E-state index in [0.717, 1.165) is 25.1 Å². The van der Waals surface area contributed by atoms with E-state index >= 15 is 0 Å². The van der Waals surface area contributed by atoms with Crippen LogP contribution in [-0.2, 0) is 11.3 Å². The van der Waals surface area contributed by atoms with Crippen LogP contribution in [0.3, 0.4) is 0 Å². The monoisotopic (exact) mass is 226 g/mol. The number of hydrogen-bond donors (Lipinski definition) is 1. The van der Waals surface area contributed by atoms with Gasteiger partial charge in [-0.25, -0.2) is 0 Å². The molecule has 0 radical (unpaired) electrons. The average molecular weight is 226 g/mol. The van der Waals surface area contributed by atoms with E-state index in [9.17, 15) is 4.79 Å². The van der Waals surface area contributed by atoms with E-state index in [0.29, 0.717) is 6.54 Å². The molecule has 1 fully saturated rings. The number of furan rings is 1. The van der Waals surface area contributed by atoms with Crippen molar-refractivity contribution in [1.82, 2.24) is 9.99 Å². The Bertz CT molecular complexity index is 326. The zero-order valence-corrected chi connectivity index (χ0v) is 9.63. The summed E-state index contributed by atoms with van der Waals surface area (Å²) in [5.41, 5.74) is 0. The Morgan fingerprint density at radius 1 is 1.73 bits per heavy atom. The molecule has 0 spiro atoms. The third kappa shape index (κ3) is 2.58. The molecule has 1 unspecified atom stereocenters. The zero-order valence-electron chi connectivity index (χ0n) is 8.48. The normalized spacial score (nSPS) is 21.8. The fourth-order valence-corrected chi connectivity index (χ4v) is 2.24. The number of carbonyl (C=O) groups excluding carboxylic acids is 1. The summed E-state index contributed by atoms with van der Waals surface area (Å²) in [6, 6.07) is 3.68. The number of carbonyl (C=O) groups is 1. The highest BCUT2D eigenvalue weighted by Gasteiger charge is 2.27. The van der Waals surface area contributed by atoms with Crippen LogP contribution in [0.15, 0.2) is 22.8 Å². The summed E-state index contributed by atoms with van der Waals surface area (Å²) in [6.07, 6.45) is 3.63. The van der Waals surface area contributed by atoms with Gasteiger partial charge in [0.25, 0.3) is 0 Å². The Kier molecular flexibility index (Phi) is 3.39. The first kappa shape index (κ1) is 10.7. The van der Waals surface area contributed by atoms with Gasteiger partial charge in [-0.1, -0.05) is 9.39 Å². The predicted molar refractivity (Wildman–Crippen MR) is 60.0 cm³/mol. The van der Waals surface area contributed by atoms with Gasteiger partial charge in [-0.05, 0) is 25.0 Å². The Hall–Kier alpha value is -0.860. The van der Waals surface area contributed by atoms with Gasteiger partial charge in [0.2, 0.25) is 5.91 Å². The third-order valence-corrected chi connectivity index (χ3v) is 3.23. The van der Waals surface area contributed by atoms with Crippen molar-refractivity contribution >= 4 is 15.3 Å². The minimum atomic E-state index is 0.00459. The molecule has 0 saturated carbocycles. The first-order valence-corrected chi connectivity index (χ1v) is 5.60. The van der Waals surface area contributed by atoms with Crippen molar-refractivity contribution < 1.29 is 9.21 Å². The second kappa shape index (κ2) is 4.77. The standard InChI is InChI=1S/C10H15N2O2P/c13-10(9-4-1-5-12(9)15)11-7-8-3-2-6-14-8/h2-3,6,9H,1,4-5,7,15H2,(H,11,13)/t9-/m0/s1. The average Bonchev–Trinajstić information content (AvgIpc) is 2.84. The van der Waals surface area contributed by atoms with Crippen LogP contribution in [0.1, 0.15) is 18.6 Å². The molecule has 1 aliphatic heterocycles. The highest BCUT2D eigenvalue weighted by atomic mass is 31.0. The van der Waals surface area contributed by atoms with Gasteiger partial charge in [0, 0.05) is 6.54 Å². The van der Waals surface area contributed by atoms with Gasteiger partial charge in [0.05, 0.1) is 18.8 Å². The highest BCUT2D eigenvalue weighted by molar-refractivity contribution is 7.13. The summed E-state index contributed by atoms with van der Waals surface area (Å²) in [7, 11) is 2.60. The van der Waals surface area contributed by atoms with E-state index in [1.165, 1.54) is 0 Å². The molecule has 0 aromatic carbocycles. The largest absolute Gasteiger partial charge is 0.467 e. The lowest BCUT2D eigenvalue weighted by Gasteiger charge is -2.17. The zero-order chi connectivity index (χ0) is 10.7. The van der Waals surface area contributed by atoms with E-state index < -0.39 is 0 Å². The van der Waals surface area contributed by atoms with Gasteiger partial charge >= 0.3 is 0 Å². The van der Waals surface area contributed by atoms with Crippen molar-refractivity contribution in [2.45, 2.75) is 25.4 Å². The van der Waals surface area contributed by atoms with Crippen LogP contribution in [0.25, 0.3) is 0 Å². The van der Waals surface area contributed by atoms with Crippen LogP contribution in [0.4, 0.5) is 0 Å². The molecule has 2 atom stereocenters. The molecule has 4 nitrogen and oxygen atoms in total. The Balaban J connectivity index is 1.82. The smallest absolute Gasteiger partial charge is 0.238 e. The molecule has 1 aromatic rings. The van der Waals surface area contributed by atoms with Gasteiger partial charge < -0.3 is 9.73 Å². The van der Waals surface area contributed by atoms with Gasteiger partial charge in [0.1, 0.15) is 5.76 Å². The number of rotatable bonds is 3. The van der Waals surface area contributed by atoms with Crippen LogP contribution >= 0.6 is 9.39 Å². The van der Waals surface area contributed by atoms with Crippen LogP contribution in [0.5, 0.6) is 0 Å². The van der Waals surface area contributed by atoms with E-state index in [4.69, 9.17) is 4.42 Å². The third-order valence-electron chi connectivity index (χ3n) is 2.61. The Morgan fingerprint density at radius 2 is 2.60 bits per heavy atom. The Labute approximate surface area is 91.3 Å². The number of nitrogens with zero attached hydrogens (tertiary/aromatic N) is 1. The maximum Gasteiger partial charge on any atom is 0.238 e. The molecule has 1 aliphatic rings. The lowest BCUT2D eigenvalue weighted by atomic mass is 10.2. The molecule has 0 bridgehead atoms. The summed E-state index contributed by atoms with van der Waals surface area (Å²) < 4.78 is 7.15. The van der Waals surface area contributed by atoms with Crippen molar-refractivity contribution in [2.75, 3.05) is 6.54 Å². The van der Waals surface area contributed by atoms with Crippen LogP contribution in [-0.4, -0.2) is 23.2 Å². The minimum Gasteiger partial charge on any atom is -0.467 e. The number of nitrogens with one attached hydrogen (secondary N) is 1. The summed E-state index contributed by atoms with van der Waals surface area (Å²) in [4.78, 5) is 11.7. The van der Waals surface area contributed by atoms with Crippen molar-refractivity contribution in [3.05, 3.63) is 24.2 Å². The first-order valence-electron chi connectivity index (χ1n) is 5.09. The molecular weight excluding hydrogens is 211 g/mol. The van der Waals surface area contributed by atoms with Crippen molar-refractivity contribution in [2.24, 2.45) is 0 Å². The van der Waals surface area contributed by atoms with Gasteiger partial charge in [-0.2, -0.15) is 0 Å². The lowest BCUT2D eigenvalue weighted by molar-refractivity contribution is -0.124.